The van der Waals surface area contributed by atoms with Crippen LogP contribution in [-0.2, 0) is 6.42 Å². The second-order valence-corrected chi connectivity index (χ2v) is 7.21. The van der Waals surface area contributed by atoms with Gasteiger partial charge in [0, 0.05) is 24.5 Å². The molecular weight excluding hydrogens is 304 g/mol. The van der Waals surface area contributed by atoms with Crippen molar-refractivity contribution in [2.24, 2.45) is 0 Å². The molecule has 114 valence electrons. The Kier molecular flexibility index (Phi) is 4.33. The van der Waals surface area contributed by atoms with E-state index in [4.69, 9.17) is 11.6 Å². The number of rotatable bonds is 4. The fraction of sp³-hybridized carbons (Fsp3) is 0.600. The second-order valence-electron chi connectivity index (χ2n) is 5.76. The number of halogens is 1. The van der Waals surface area contributed by atoms with Crippen LogP contribution in [-0.4, -0.2) is 48.1 Å². The molecule has 0 bridgehead atoms. The summed E-state index contributed by atoms with van der Waals surface area (Å²) < 4.78 is 0. The topological polar surface area (TPSA) is 32.3 Å². The summed E-state index contributed by atoms with van der Waals surface area (Å²) in [5.41, 5.74) is 0. The van der Waals surface area contributed by atoms with Crippen molar-refractivity contribution in [2.45, 2.75) is 32.2 Å². The molecule has 1 atom stereocenters. The molecule has 21 heavy (non-hydrogen) atoms. The largest absolute Gasteiger partial charge is 0.357 e. The zero-order valence-electron chi connectivity index (χ0n) is 12.8. The number of likely N-dealkylation sites (tertiary alicyclic amines) is 1. The highest BCUT2D eigenvalue weighted by Crippen LogP contribution is 2.32. The molecule has 4 nitrogen and oxygen atoms in total. The molecule has 0 aliphatic carbocycles. The number of hydrogen-bond acceptors (Lipinski definition) is 5. The summed E-state index contributed by atoms with van der Waals surface area (Å²) in [6, 6.07) is 2.81. The maximum atomic E-state index is 6.11. The average Bonchev–Trinajstić information content (AvgIpc) is 3.04. The minimum Gasteiger partial charge on any atom is -0.357 e. The lowest BCUT2D eigenvalue weighted by atomic mass is 10.2. The first-order valence-corrected chi connectivity index (χ1v) is 8.65. The van der Waals surface area contributed by atoms with Gasteiger partial charge in [-0.15, -0.1) is 11.3 Å². The van der Waals surface area contributed by atoms with Crippen molar-refractivity contribution in [3.63, 3.8) is 0 Å². The maximum absolute atomic E-state index is 6.11. The molecule has 0 aromatic carbocycles. The van der Waals surface area contributed by atoms with Gasteiger partial charge in [0.05, 0.1) is 5.39 Å². The fourth-order valence-corrected chi connectivity index (χ4v) is 4.19. The van der Waals surface area contributed by atoms with E-state index in [-0.39, 0.29) is 0 Å². The number of likely N-dealkylation sites (N-methyl/N-ethyl adjacent to an activating group) is 2. The quantitative estimate of drug-likeness (QED) is 0.806. The first-order valence-electron chi connectivity index (χ1n) is 7.45. The summed E-state index contributed by atoms with van der Waals surface area (Å²) in [7, 11) is 4.31. The van der Waals surface area contributed by atoms with Gasteiger partial charge in [0.15, 0.2) is 0 Å². The van der Waals surface area contributed by atoms with Crippen LogP contribution in [0.5, 0.6) is 0 Å². The van der Waals surface area contributed by atoms with Gasteiger partial charge in [0.25, 0.3) is 0 Å². The van der Waals surface area contributed by atoms with E-state index in [0.717, 1.165) is 29.0 Å². The third kappa shape index (κ3) is 3.00. The molecule has 2 aromatic heterocycles. The van der Waals surface area contributed by atoms with E-state index < -0.39 is 0 Å². The van der Waals surface area contributed by atoms with Gasteiger partial charge in [-0.05, 0) is 50.5 Å². The van der Waals surface area contributed by atoms with Crippen molar-refractivity contribution in [3.8, 4) is 0 Å². The Labute approximate surface area is 134 Å². The Morgan fingerprint density at radius 2 is 2.29 bits per heavy atom. The number of fused-ring (bicyclic) bond motifs is 1. The molecule has 0 amide bonds. The smallest absolute Gasteiger partial charge is 0.225 e. The van der Waals surface area contributed by atoms with Gasteiger partial charge >= 0.3 is 0 Å². The second kappa shape index (κ2) is 6.07. The average molecular weight is 325 g/mol. The fourth-order valence-electron chi connectivity index (χ4n) is 3.01. The SMILES string of the molecule is CCc1cc2c(N(C)CC3CCCN3C)nc(Cl)nc2s1. The molecule has 0 N–H and O–H groups in total. The predicted molar refractivity (Wildman–Crippen MR) is 90.7 cm³/mol. The van der Waals surface area contributed by atoms with Gasteiger partial charge in [-0.2, -0.15) is 4.98 Å². The Balaban J connectivity index is 1.92. The maximum Gasteiger partial charge on any atom is 0.225 e. The number of anilines is 1. The summed E-state index contributed by atoms with van der Waals surface area (Å²) in [6.45, 7) is 4.34. The molecule has 2 aromatic rings. The minimum atomic E-state index is 0.341. The summed E-state index contributed by atoms with van der Waals surface area (Å²) >= 11 is 7.83. The monoisotopic (exact) mass is 324 g/mol. The van der Waals surface area contributed by atoms with Gasteiger partial charge < -0.3 is 9.80 Å². The van der Waals surface area contributed by atoms with Crippen LogP contribution in [0.1, 0.15) is 24.6 Å². The lowest BCUT2D eigenvalue weighted by molar-refractivity contribution is 0.314. The van der Waals surface area contributed by atoms with E-state index in [1.807, 2.05) is 0 Å². The summed E-state index contributed by atoms with van der Waals surface area (Å²) in [6.07, 6.45) is 3.56. The number of aryl methyl sites for hydroxylation is 1. The van der Waals surface area contributed by atoms with Crippen LogP contribution in [0.2, 0.25) is 5.28 Å². The van der Waals surface area contributed by atoms with E-state index in [1.165, 1.54) is 24.3 Å². The van der Waals surface area contributed by atoms with Crippen LogP contribution >= 0.6 is 22.9 Å². The molecular formula is C15H21ClN4S. The van der Waals surface area contributed by atoms with Crippen molar-refractivity contribution in [3.05, 3.63) is 16.2 Å². The van der Waals surface area contributed by atoms with Crippen LogP contribution in [0.4, 0.5) is 5.82 Å². The Bertz CT molecular complexity index is 642. The third-order valence-corrected chi connectivity index (χ3v) is 5.60. The number of thiophene rings is 1. The standard InChI is InChI=1S/C15H21ClN4S/c1-4-11-8-12-13(17-15(16)18-14(12)21-11)20(3)9-10-6-5-7-19(10)2/h8,10H,4-7,9H2,1-3H3. The van der Waals surface area contributed by atoms with Gasteiger partial charge in [-0.1, -0.05) is 6.92 Å². The highest BCUT2D eigenvalue weighted by atomic mass is 35.5. The van der Waals surface area contributed by atoms with Gasteiger partial charge in [-0.25, -0.2) is 4.98 Å². The first kappa shape index (κ1) is 15.0. The molecule has 1 unspecified atom stereocenters. The van der Waals surface area contributed by atoms with Crippen molar-refractivity contribution in [2.75, 3.05) is 32.1 Å². The zero-order valence-corrected chi connectivity index (χ0v) is 14.3. The minimum absolute atomic E-state index is 0.341. The normalized spacial score (nSPS) is 19.5. The van der Waals surface area contributed by atoms with Crippen LogP contribution in [0, 0.1) is 0 Å². The molecule has 3 rings (SSSR count). The number of nitrogens with zero attached hydrogens (tertiary/aromatic N) is 4. The lowest BCUT2D eigenvalue weighted by Crippen LogP contribution is -2.37. The summed E-state index contributed by atoms with van der Waals surface area (Å²) in [4.78, 5) is 15.8. The van der Waals surface area contributed by atoms with E-state index >= 15 is 0 Å². The molecule has 0 radical (unpaired) electrons. The van der Waals surface area contributed by atoms with Crippen LogP contribution in [0.15, 0.2) is 6.07 Å². The first-order chi connectivity index (χ1) is 10.1. The Morgan fingerprint density at radius 1 is 1.48 bits per heavy atom. The Morgan fingerprint density at radius 3 is 2.95 bits per heavy atom. The van der Waals surface area contributed by atoms with Crippen LogP contribution in [0.25, 0.3) is 10.2 Å². The summed E-state index contributed by atoms with van der Waals surface area (Å²) in [5, 5.41) is 1.47. The third-order valence-electron chi connectivity index (χ3n) is 4.26. The highest BCUT2D eigenvalue weighted by Gasteiger charge is 2.24. The van der Waals surface area contributed by atoms with Crippen molar-refractivity contribution >= 4 is 39.0 Å². The van der Waals surface area contributed by atoms with Gasteiger partial charge in [0.2, 0.25) is 5.28 Å². The van der Waals surface area contributed by atoms with Crippen molar-refractivity contribution < 1.29 is 0 Å². The molecule has 6 heteroatoms. The van der Waals surface area contributed by atoms with Crippen molar-refractivity contribution in [1.82, 2.24) is 14.9 Å². The van der Waals surface area contributed by atoms with Crippen molar-refractivity contribution in [1.29, 1.82) is 0 Å². The molecule has 0 spiro atoms. The van der Waals surface area contributed by atoms with E-state index in [9.17, 15) is 0 Å². The van der Waals surface area contributed by atoms with Gasteiger partial charge in [-0.3, -0.25) is 0 Å². The van der Waals surface area contributed by atoms with E-state index in [0.29, 0.717) is 11.3 Å². The van der Waals surface area contributed by atoms with Crippen LogP contribution in [0.3, 0.4) is 0 Å². The highest BCUT2D eigenvalue weighted by molar-refractivity contribution is 7.18. The molecule has 1 aliphatic heterocycles. The zero-order chi connectivity index (χ0) is 15.0. The molecule has 0 saturated carbocycles. The van der Waals surface area contributed by atoms with Gasteiger partial charge in [0.1, 0.15) is 10.6 Å². The summed E-state index contributed by atoms with van der Waals surface area (Å²) in [5.74, 6) is 0.959. The molecule has 1 fully saturated rings. The number of hydrogen-bond donors (Lipinski definition) is 0. The Hall–Kier alpha value is -0.910. The molecule has 1 saturated heterocycles. The van der Waals surface area contributed by atoms with Crippen LogP contribution < -0.4 is 4.90 Å². The molecule has 3 heterocycles. The lowest BCUT2D eigenvalue weighted by Gasteiger charge is -2.26. The van der Waals surface area contributed by atoms with E-state index in [1.54, 1.807) is 11.3 Å². The molecule has 1 aliphatic rings. The number of aromatic nitrogens is 2. The van der Waals surface area contributed by atoms with E-state index in [2.05, 4.69) is 46.9 Å². The predicted octanol–water partition coefficient (Wildman–Crippen LogP) is 3.44.